The highest BCUT2D eigenvalue weighted by Gasteiger charge is 2.20. The fraction of sp³-hybridized carbons (Fsp3) is 0. The fourth-order valence-electron chi connectivity index (χ4n) is 3.67. The van der Waals surface area contributed by atoms with Crippen molar-refractivity contribution in [2.24, 2.45) is 0 Å². The summed E-state index contributed by atoms with van der Waals surface area (Å²) in [6.45, 7) is 0. The van der Waals surface area contributed by atoms with E-state index >= 15 is 0 Å². The first kappa shape index (κ1) is 25.8. The Bertz CT molecular complexity index is 1510. The van der Waals surface area contributed by atoms with Crippen molar-refractivity contribution in [3.8, 4) is 0 Å². The third-order valence-corrected chi connectivity index (χ3v) is 9.10. The first-order valence-corrected chi connectivity index (χ1v) is 14.9. The van der Waals surface area contributed by atoms with Crippen LogP contribution >= 0.6 is 45.3 Å². The number of hydrogen-bond donors (Lipinski definition) is 0. The number of allylic oxidation sites excluding steroid dienone is 4. The monoisotopic (exact) mass is 570 g/mol. The van der Waals surface area contributed by atoms with Crippen LogP contribution in [0.1, 0.15) is 49.8 Å². The quantitative estimate of drug-likeness (QED) is 0.125. The summed E-state index contributed by atoms with van der Waals surface area (Å²) < 4.78 is 0. The Balaban J connectivity index is 1.41. The number of Topliss-reactive ketones (excluding diaryl/α,β-unsaturated/α-hetero) is 2. The third kappa shape index (κ3) is 5.69. The predicted octanol–water partition coefficient (Wildman–Crippen LogP) is 8.23. The van der Waals surface area contributed by atoms with Crippen LogP contribution in [0.15, 0.2) is 106 Å². The Hall–Kier alpha value is -3.82. The zero-order valence-electron chi connectivity index (χ0n) is 19.7. The Kier molecular flexibility index (Phi) is 7.95. The highest BCUT2D eigenvalue weighted by Crippen LogP contribution is 2.28. The van der Waals surface area contributed by atoms with Crippen LogP contribution in [0.3, 0.4) is 0 Å². The molecule has 5 rings (SSSR count). The highest BCUT2D eigenvalue weighted by molar-refractivity contribution is 7.14. The maximum absolute atomic E-state index is 13.1. The molecule has 5 aromatic rings. The minimum atomic E-state index is -0.333. The molecule has 1 aromatic carbocycles. The van der Waals surface area contributed by atoms with E-state index in [0.29, 0.717) is 41.8 Å². The van der Waals surface area contributed by atoms with E-state index in [-0.39, 0.29) is 23.1 Å². The Labute approximate surface area is 234 Å². The SMILES string of the molecule is O=C(C=C(C(=O)c1cccs1)c1cccs1)c1ccc(C(=O)C=C(C(=O)c2cccs2)c2cccs2)cc1. The molecule has 0 aliphatic heterocycles. The Morgan fingerprint density at radius 3 is 1.05 bits per heavy atom. The molecule has 4 nitrogen and oxygen atoms in total. The second-order valence-electron chi connectivity index (χ2n) is 7.99. The summed E-state index contributed by atoms with van der Waals surface area (Å²) >= 11 is 5.44. The van der Waals surface area contributed by atoms with Crippen LogP contribution in [0.4, 0.5) is 0 Å². The maximum atomic E-state index is 13.1. The molecule has 38 heavy (non-hydrogen) atoms. The van der Waals surface area contributed by atoms with Crippen LogP contribution in [-0.2, 0) is 0 Å². The van der Waals surface area contributed by atoms with Gasteiger partial charge in [0.1, 0.15) is 0 Å². The molecule has 0 amide bonds. The van der Waals surface area contributed by atoms with Crippen molar-refractivity contribution in [2.45, 2.75) is 0 Å². The van der Waals surface area contributed by atoms with Crippen LogP contribution in [-0.4, -0.2) is 23.1 Å². The van der Waals surface area contributed by atoms with Gasteiger partial charge in [0, 0.05) is 32.0 Å². The highest BCUT2D eigenvalue weighted by atomic mass is 32.1. The van der Waals surface area contributed by atoms with Gasteiger partial charge in [0.25, 0.3) is 0 Å². The molecule has 0 fully saturated rings. The van der Waals surface area contributed by atoms with Gasteiger partial charge in [-0.15, -0.1) is 45.3 Å². The number of ketones is 4. The molecular weight excluding hydrogens is 553 g/mol. The fourth-order valence-corrected chi connectivity index (χ4v) is 6.50. The minimum Gasteiger partial charge on any atom is -0.289 e. The third-order valence-electron chi connectivity index (χ3n) is 5.56. The van der Waals surface area contributed by atoms with Crippen molar-refractivity contribution in [1.29, 1.82) is 0 Å². The first-order chi connectivity index (χ1) is 18.5. The summed E-state index contributed by atoms with van der Waals surface area (Å²) in [5.41, 5.74) is 1.38. The van der Waals surface area contributed by atoms with E-state index in [2.05, 4.69) is 0 Å². The van der Waals surface area contributed by atoms with E-state index < -0.39 is 0 Å². The molecule has 0 unspecified atom stereocenters. The van der Waals surface area contributed by atoms with Gasteiger partial charge in [-0.05, 0) is 57.9 Å². The van der Waals surface area contributed by atoms with Gasteiger partial charge in [0.05, 0.1) is 9.75 Å². The van der Waals surface area contributed by atoms with Crippen LogP contribution in [0.2, 0.25) is 0 Å². The van der Waals surface area contributed by atoms with Gasteiger partial charge in [-0.2, -0.15) is 0 Å². The molecule has 4 aromatic heterocycles. The average Bonchev–Trinajstić information content (AvgIpc) is 3.77. The lowest BCUT2D eigenvalue weighted by Gasteiger charge is -2.05. The van der Waals surface area contributed by atoms with E-state index in [4.69, 9.17) is 0 Å². The molecule has 8 heteroatoms. The predicted molar refractivity (Wildman–Crippen MR) is 157 cm³/mol. The Morgan fingerprint density at radius 2 is 0.763 bits per heavy atom. The van der Waals surface area contributed by atoms with Crippen molar-refractivity contribution in [2.75, 3.05) is 0 Å². The molecular formula is C30H18O4S4. The molecule has 0 N–H and O–H groups in total. The molecule has 4 heterocycles. The number of carbonyl (C=O) groups is 4. The van der Waals surface area contributed by atoms with Gasteiger partial charge in [0.15, 0.2) is 11.6 Å². The molecule has 0 spiro atoms. The van der Waals surface area contributed by atoms with Crippen molar-refractivity contribution in [3.63, 3.8) is 0 Å². The second-order valence-corrected chi connectivity index (χ2v) is 11.8. The van der Waals surface area contributed by atoms with E-state index in [1.165, 1.54) is 57.5 Å². The van der Waals surface area contributed by atoms with Crippen LogP contribution in [0, 0.1) is 0 Å². The molecule has 0 atom stereocenters. The van der Waals surface area contributed by atoms with Gasteiger partial charge >= 0.3 is 0 Å². The molecule has 0 saturated heterocycles. The lowest BCUT2D eigenvalue weighted by Crippen LogP contribution is -2.05. The van der Waals surface area contributed by atoms with Gasteiger partial charge in [0.2, 0.25) is 11.6 Å². The summed E-state index contributed by atoms with van der Waals surface area (Å²) in [7, 11) is 0. The van der Waals surface area contributed by atoms with E-state index in [9.17, 15) is 19.2 Å². The normalized spacial score (nSPS) is 11.9. The molecule has 0 saturated carbocycles. The van der Waals surface area contributed by atoms with Crippen molar-refractivity contribution in [1.82, 2.24) is 0 Å². The number of thiophene rings is 4. The van der Waals surface area contributed by atoms with Crippen molar-refractivity contribution in [3.05, 3.63) is 137 Å². The number of hydrogen-bond acceptors (Lipinski definition) is 8. The molecule has 186 valence electrons. The topological polar surface area (TPSA) is 68.3 Å². The minimum absolute atomic E-state index is 0.204. The largest absolute Gasteiger partial charge is 0.289 e. The zero-order chi connectivity index (χ0) is 26.5. The van der Waals surface area contributed by atoms with Gasteiger partial charge < -0.3 is 0 Å². The van der Waals surface area contributed by atoms with E-state index in [1.54, 1.807) is 48.5 Å². The van der Waals surface area contributed by atoms with Crippen molar-refractivity contribution >= 4 is 79.6 Å². The number of benzene rings is 1. The Morgan fingerprint density at radius 1 is 0.447 bits per heavy atom. The molecule has 0 aliphatic carbocycles. The van der Waals surface area contributed by atoms with E-state index in [0.717, 1.165) is 0 Å². The zero-order valence-corrected chi connectivity index (χ0v) is 22.9. The average molecular weight is 571 g/mol. The number of carbonyl (C=O) groups excluding carboxylic acids is 4. The molecule has 0 aliphatic rings. The summed E-state index contributed by atoms with van der Waals surface area (Å²) in [6, 6.07) is 20.6. The second kappa shape index (κ2) is 11.7. The maximum Gasteiger partial charge on any atom is 0.204 e. The van der Waals surface area contributed by atoms with Crippen LogP contribution < -0.4 is 0 Å². The summed E-state index contributed by atoms with van der Waals surface area (Å²) in [5.74, 6) is -1.08. The lowest BCUT2D eigenvalue weighted by atomic mass is 10.00. The summed E-state index contributed by atoms with van der Waals surface area (Å²) in [5, 5.41) is 7.36. The van der Waals surface area contributed by atoms with Gasteiger partial charge in [-0.3, -0.25) is 19.2 Å². The smallest absolute Gasteiger partial charge is 0.204 e. The lowest BCUT2D eigenvalue weighted by molar-refractivity contribution is 0.102. The van der Waals surface area contributed by atoms with Gasteiger partial charge in [-0.1, -0.05) is 48.5 Å². The molecule has 0 bridgehead atoms. The van der Waals surface area contributed by atoms with Crippen LogP contribution in [0.5, 0.6) is 0 Å². The molecule has 0 radical (unpaired) electrons. The first-order valence-electron chi connectivity index (χ1n) is 11.4. The number of rotatable bonds is 10. The summed E-state index contributed by atoms with van der Waals surface area (Å²) in [6.07, 6.45) is 2.72. The van der Waals surface area contributed by atoms with Crippen LogP contribution in [0.25, 0.3) is 11.1 Å². The van der Waals surface area contributed by atoms with Crippen molar-refractivity contribution < 1.29 is 19.2 Å². The summed E-state index contributed by atoms with van der Waals surface area (Å²) in [4.78, 5) is 54.9. The van der Waals surface area contributed by atoms with Gasteiger partial charge in [-0.25, -0.2) is 0 Å². The standard InChI is InChI=1S/C30H18O4S4/c31-23(17-21(25-5-1-13-35-25)29(33)27-7-3-15-37-27)19-9-11-20(12-10-19)24(32)18-22(26-6-2-14-36-26)30(34)28-8-4-16-38-28/h1-18H. The van der Waals surface area contributed by atoms with E-state index in [1.807, 2.05) is 45.8 Å².